The Morgan fingerprint density at radius 1 is 0.364 bits per heavy atom. The maximum atomic E-state index is 6.63. The van der Waals surface area contributed by atoms with Gasteiger partial charge in [0.25, 0.3) is 0 Å². The highest BCUT2D eigenvalue weighted by atomic mass is 16.5. The Kier molecular flexibility index (Phi) is 8.93. The van der Waals surface area contributed by atoms with Gasteiger partial charge in [0.1, 0.15) is 29.7 Å². The van der Waals surface area contributed by atoms with Crippen LogP contribution in [0.5, 0.6) is 11.5 Å². The molecule has 2 heterocycles. The van der Waals surface area contributed by atoms with Gasteiger partial charge in [-0.2, -0.15) is 0 Å². The number of hydrogen-bond donors (Lipinski definition) is 2. The van der Waals surface area contributed by atoms with E-state index < -0.39 is 5.41 Å². The summed E-state index contributed by atoms with van der Waals surface area (Å²) >= 11 is 0. The van der Waals surface area contributed by atoms with Crippen molar-refractivity contribution >= 4 is 16.6 Å². The second-order valence-electron chi connectivity index (χ2n) is 17.5. The minimum atomic E-state index is -0.525. The predicted octanol–water partition coefficient (Wildman–Crippen LogP) is 14.6. The molecule has 2 atom stereocenters. The van der Waals surface area contributed by atoms with Crippen LogP contribution in [0.1, 0.15) is 51.3 Å². The molecule has 66 heavy (non-hydrogen) atoms. The molecule has 2 unspecified atom stereocenters. The zero-order chi connectivity index (χ0) is 43.6. The molecule has 10 aromatic carbocycles. The first-order chi connectivity index (χ1) is 32.7. The number of ether oxygens (including phenoxy) is 1. The first-order valence-corrected chi connectivity index (χ1v) is 22.7. The Labute approximate surface area is 384 Å². The fraction of sp³-hybridized carbons (Fsp3) is 0.0484. The van der Waals surface area contributed by atoms with E-state index in [0.29, 0.717) is 0 Å². The molecule has 0 amide bonds. The zero-order valence-electron chi connectivity index (χ0n) is 36.0. The van der Waals surface area contributed by atoms with Gasteiger partial charge < -0.3 is 10.1 Å². The fourth-order valence-corrected chi connectivity index (χ4v) is 10.7. The van der Waals surface area contributed by atoms with E-state index in [9.17, 15) is 0 Å². The quantitative estimate of drug-likeness (QED) is 0.175. The van der Waals surface area contributed by atoms with Crippen LogP contribution in [-0.2, 0) is 5.41 Å². The van der Waals surface area contributed by atoms with Crippen LogP contribution in [0.15, 0.2) is 242 Å². The number of nitrogens with zero attached hydrogens (tertiary/aromatic N) is 1. The molecule has 1 aliphatic carbocycles. The van der Waals surface area contributed by atoms with Gasteiger partial charge in [0, 0.05) is 16.7 Å². The molecular formula is C62H43N3O. The number of hydrogen-bond acceptors (Lipinski definition) is 4. The van der Waals surface area contributed by atoms with E-state index in [0.717, 1.165) is 45.2 Å². The molecule has 0 fully saturated rings. The highest BCUT2D eigenvalue weighted by Crippen LogP contribution is 2.62. The van der Waals surface area contributed by atoms with Crippen LogP contribution in [-0.4, -0.2) is 5.84 Å². The molecule has 4 nitrogen and oxygen atoms in total. The SMILES string of the molecule is c1ccc(C2=NC(c3cccc(-c4cccc(-c5cccc(-c6ccc7c(c6)-c6cc8ccccc8cc6C76c7ccccc7Oc7ccccc76)c5)c4)c3)NC(c3ccccc3)N2)cc1. The largest absolute Gasteiger partial charge is 0.457 e. The second-order valence-corrected chi connectivity index (χ2v) is 17.5. The van der Waals surface area contributed by atoms with Crippen molar-refractivity contribution in [2.45, 2.75) is 17.7 Å². The lowest BCUT2D eigenvalue weighted by atomic mass is 9.66. The van der Waals surface area contributed by atoms with Crippen LogP contribution in [0.2, 0.25) is 0 Å². The number of para-hydroxylation sites is 2. The van der Waals surface area contributed by atoms with Gasteiger partial charge in [-0.1, -0.05) is 188 Å². The molecule has 0 bridgehead atoms. The Morgan fingerprint density at radius 3 is 1.53 bits per heavy atom. The first kappa shape index (κ1) is 38.2. The third-order valence-corrected chi connectivity index (χ3v) is 13.8. The van der Waals surface area contributed by atoms with E-state index in [1.54, 1.807) is 0 Å². The van der Waals surface area contributed by atoms with Crippen LogP contribution in [0, 0.1) is 0 Å². The Morgan fingerprint density at radius 2 is 0.864 bits per heavy atom. The lowest BCUT2D eigenvalue weighted by Gasteiger charge is -2.39. The number of nitrogens with one attached hydrogen (secondary N) is 2. The number of amidine groups is 1. The van der Waals surface area contributed by atoms with Gasteiger partial charge in [0.2, 0.25) is 0 Å². The van der Waals surface area contributed by atoms with Crippen molar-refractivity contribution in [1.82, 2.24) is 10.6 Å². The van der Waals surface area contributed by atoms with E-state index in [2.05, 4.69) is 241 Å². The highest BCUT2D eigenvalue weighted by molar-refractivity contribution is 6.00. The molecule has 0 saturated carbocycles. The molecule has 0 saturated heterocycles. The van der Waals surface area contributed by atoms with Gasteiger partial charge in [-0.05, 0) is 126 Å². The summed E-state index contributed by atoms with van der Waals surface area (Å²) in [6.45, 7) is 0. The number of rotatable bonds is 6. The normalized spacial score (nSPS) is 16.3. The van der Waals surface area contributed by atoms with Gasteiger partial charge in [-0.15, -0.1) is 0 Å². The van der Waals surface area contributed by atoms with Crippen LogP contribution < -0.4 is 15.4 Å². The summed E-state index contributed by atoms with van der Waals surface area (Å²) in [6, 6.07) is 85.4. The molecule has 312 valence electrons. The van der Waals surface area contributed by atoms with Gasteiger partial charge in [-0.3, -0.25) is 5.32 Å². The maximum absolute atomic E-state index is 6.63. The van der Waals surface area contributed by atoms with Crippen molar-refractivity contribution in [1.29, 1.82) is 0 Å². The molecule has 3 aliphatic rings. The van der Waals surface area contributed by atoms with Gasteiger partial charge in [-0.25, -0.2) is 4.99 Å². The van der Waals surface area contributed by atoms with E-state index >= 15 is 0 Å². The standard InChI is InChI=1S/C62H43N3O/c1-3-16-40(17-4-1)59-63-60(41-18-5-2-6-19-41)65-61(64-59)50-27-15-26-46(36-50)44-24-13-22-42(34-44)43-23-14-25-45(35-43)49-32-33-53-51(38-49)52-37-47-20-7-8-21-48(47)39-56(52)62(53)54-28-9-11-30-57(54)66-58-31-12-10-29-55(58)62/h1-39,59,61,64H,(H,63,65). The number of aliphatic imine (C=N–C) groups is 1. The summed E-state index contributed by atoms with van der Waals surface area (Å²) in [5.74, 6) is 2.68. The van der Waals surface area contributed by atoms with E-state index in [1.165, 1.54) is 66.4 Å². The molecule has 0 aromatic heterocycles. The highest BCUT2D eigenvalue weighted by Gasteiger charge is 2.51. The average molecular weight is 846 g/mol. The zero-order valence-corrected chi connectivity index (χ0v) is 36.0. The Bertz CT molecular complexity index is 3490. The van der Waals surface area contributed by atoms with E-state index in [4.69, 9.17) is 9.73 Å². The molecular weight excluding hydrogens is 803 g/mol. The molecule has 0 radical (unpaired) electrons. The van der Waals surface area contributed by atoms with Gasteiger partial charge >= 0.3 is 0 Å². The predicted molar refractivity (Wildman–Crippen MR) is 269 cm³/mol. The Balaban J connectivity index is 0.874. The van der Waals surface area contributed by atoms with Crippen molar-refractivity contribution in [3.8, 4) is 56.0 Å². The van der Waals surface area contributed by atoms with Crippen LogP contribution in [0.4, 0.5) is 0 Å². The summed E-state index contributed by atoms with van der Waals surface area (Å²) in [5, 5.41) is 9.89. The summed E-state index contributed by atoms with van der Waals surface area (Å²) in [6.07, 6.45) is -0.338. The Hall–Kier alpha value is -8.31. The molecule has 2 N–H and O–H groups in total. The lowest BCUT2D eigenvalue weighted by molar-refractivity contribution is 0.409. The van der Waals surface area contributed by atoms with E-state index in [-0.39, 0.29) is 12.3 Å². The monoisotopic (exact) mass is 845 g/mol. The average Bonchev–Trinajstić information content (AvgIpc) is 3.67. The van der Waals surface area contributed by atoms with Crippen molar-refractivity contribution in [3.63, 3.8) is 0 Å². The maximum Gasteiger partial charge on any atom is 0.132 e. The van der Waals surface area contributed by atoms with Crippen molar-refractivity contribution in [3.05, 3.63) is 276 Å². The van der Waals surface area contributed by atoms with Crippen molar-refractivity contribution in [2.24, 2.45) is 4.99 Å². The summed E-state index contributed by atoms with van der Waals surface area (Å²) < 4.78 is 6.63. The second kappa shape index (κ2) is 15.4. The third-order valence-electron chi connectivity index (χ3n) is 13.8. The lowest BCUT2D eigenvalue weighted by Crippen LogP contribution is -2.44. The topological polar surface area (TPSA) is 45.6 Å². The van der Waals surface area contributed by atoms with Crippen LogP contribution in [0.25, 0.3) is 55.3 Å². The number of fused-ring (bicyclic) bond motifs is 10. The molecule has 1 spiro atoms. The molecule has 2 aliphatic heterocycles. The summed E-state index contributed by atoms with van der Waals surface area (Å²) in [7, 11) is 0. The molecule has 4 heteroatoms. The van der Waals surface area contributed by atoms with Crippen LogP contribution >= 0.6 is 0 Å². The van der Waals surface area contributed by atoms with Crippen molar-refractivity contribution < 1.29 is 4.74 Å². The van der Waals surface area contributed by atoms with Gasteiger partial charge in [0.05, 0.1) is 5.41 Å². The molecule has 10 aromatic rings. The minimum absolute atomic E-state index is 0.0973. The number of benzene rings is 10. The minimum Gasteiger partial charge on any atom is -0.457 e. The third kappa shape index (κ3) is 6.22. The van der Waals surface area contributed by atoms with Gasteiger partial charge in [0.15, 0.2) is 0 Å². The van der Waals surface area contributed by atoms with Crippen molar-refractivity contribution in [2.75, 3.05) is 0 Å². The first-order valence-electron chi connectivity index (χ1n) is 22.7. The molecule has 13 rings (SSSR count). The summed E-state index contributed by atoms with van der Waals surface area (Å²) in [4.78, 5) is 5.22. The summed E-state index contributed by atoms with van der Waals surface area (Å²) in [5.41, 5.74) is 17.2. The smallest absolute Gasteiger partial charge is 0.132 e. The fourth-order valence-electron chi connectivity index (χ4n) is 10.7. The van der Waals surface area contributed by atoms with Crippen LogP contribution in [0.3, 0.4) is 0 Å². The van der Waals surface area contributed by atoms with E-state index in [1.807, 2.05) is 6.07 Å².